The lowest BCUT2D eigenvalue weighted by atomic mass is 10.2. The molecule has 1 N–H and O–H groups in total. The average molecular weight is 273 g/mol. The SMILES string of the molecule is CC(=O)C(C)SC1=C(C(=O)O)N2C(=O)C[C@H]2S1. The number of amides is 1. The number of carboxylic acids is 1. The molecule has 0 radical (unpaired) electrons. The van der Waals surface area contributed by atoms with Gasteiger partial charge in [0.05, 0.1) is 21.3 Å². The summed E-state index contributed by atoms with van der Waals surface area (Å²) in [5, 5.41) is 8.73. The number of ketones is 1. The van der Waals surface area contributed by atoms with Gasteiger partial charge in [-0.15, -0.1) is 11.8 Å². The Morgan fingerprint density at radius 1 is 1.59 bits per heavy atom. The van der Waals surface area contributed by atoms with Gasteiger partial charge in [-0.2, -0.15) is 0 Å². The summed E-state index contributed by atoms with van der Waals surface area (Å²) < 4.78 is 0.566. The number of fused-ring (bicyclic) bond motifs is 1. The van der Waals surface area contributed by atoms with E-state index in [1.54, 1.807) is 6.92 Å². The Kier molecular flexibility index (Phi) is 3.22. The van der Waals surface area contributed by atoms with Crippen LogP contribution < -0.4 is 0 Å². The van der Waals surface area contributed by atoms with E-state index in [1.807, 2.05) is 0 Å². The number of nitrogens with zero attached hydrogens (tertiary/aromatic N) is 1. The number of carbonyl (C=O) groups is 3. The zero-order valence-electron chi connectivity index (χ0n) is 9.30. The minimum Gasteiger partial charge on any atom is -0.477 e. The quantitative estimate of drug-likeness (QED) is 0.777. The topological polar surface area (TPSA) is 74.7 Å². The van der Waals surface area contributed by atoms with E-state index in [2.05, 4.69) is 0 Å². The van der Waals surface area contributed by atoms with Gasteiger partial charge in [-0.25, -0.2) is 4.79 Å². The molecular formula is C10H11NO4S2. The van der Waals surface area contributed by atoms with Crippen LogP contribution in [-0.2, 0) is 14.4 Å². The van der Waals surface area contributed by atoms with E-state index in [9.17, 15) is 14.4 Å². The Balaban J connectivity index is 2.23. The van der Waals surface area contributed by atoms with Crippen molar-refractivity contribution in [1.29, 1.82) is 0 Å². The minimum absolute atomic E-state index is 0.00610. The Morgan fingerprint density at radius 3 is 2.71 bits per heavy atom. The Morgan fingerprint density at radius 2 is 2.24 bits per heavy atom. The summed E-state index contributed by atoms with van der Waals surface area (Å²) in [7, 11) is 0. The molecule has 7 heteroatoms. The molecule has 2 atom stereocenters. The fourth-order valence-corrected chi connectivity index (χ4v) is 4.42. The summed E-state index contributed by atoms with van der Waals surface area (Å²) in [6, 6.07) is 0. The average Bonchev–Trinajstić information content (AvgIpc) is 2.51. The molecule has 17 heavy (non-hydrogen) atoms. The molecule has 0 aromatic carbocycles. The second-order valence-electron chi connectivity index (χ2n) is 3.85. The molecule has 0 spiro atoms. The first-order valence-electron chi connectivity index (χ1n) is 5.05. The fourth-order valence-electron chi connectivity index (χ4n) is 1.55. The molecule has 0 aromatic heterocycles. The number of carbonyl (C=O) groups excluding carboxylic acids is 2. The van der Waals surface area contributed by atoms with E-state index in [0.29, 0.717) is 10.7 Å². The maximum Gasteiger partial charge on any atom is 0.354 e. The monoisotopic (exact) mass is 273 g/mol. The minimum atomic E-state index is -1.11. The van der Waals surface area contributed by atoms with Gasteiger partial charge < -0.3 is 5.11 Å². The summed E-state index contributed by atoms with van der Waals surface area (Å²) >= 11 is 2.58. The molecule has 1 saturated heterocycles. The summed E-state index contributed by atoms with van der Waals surface area (Å²) in [4.78, 5) is 34.9. The van der Waals surface area contributed by atoms with Crippen LogP contribution in [0.15, 0.2) is 9.93 Å². The van der Waals surface area contributed by atoms with Crippen LogP contribution in [0.25, 0.3) is 0 Å². The number of Topliss-reactive ketones (excluding diaryl/α,β-unsaturated/α-hetero) is 1. The third kappa shape index (κ3) is 2.09. The molecule has 1 fully saturated rings. The first kappa shape index (κ1) is 12.5. The molecule has 2 aliphatic rings. The van der Waals surface area contributed by atoms with Crippen LogP contribution in [0, 0.1) is 0 Å². The van der Waals surface area contributed by atoms with Crippen molar-refractivity contribution in [3.8, 4) is 0 Å². The first-order valence-corrected chi connectivity index (χ1v) is 6.81. The van der Waals surface area contributed by atoms with Crippen molar-refractivity contribution >= 4 is 41.2 Å². The second-order valence-corrected chi connectivity index (χ2v) is 6.65. The number of β-lactam (4-membered cyclic amide) rings is 1. The smallest absolute Gasteiger partial charge is 0.354 e. The van der Waals surface area contributed by atoms with E-state index in [1.165, 1.54) is 35.3 Å². The Labute approximate surface area is 107 Å². The zero-order valence-corrected chi connectivity index (χ0v) is 10.9. The number of hydrogen-bond acceptors (Lipinski definition) is 5. The third-order valence-electron chi connectivity index (χ3n) is 2.64. The predicted octanol–water partition coefficient (Wildman–Crippen LogP) is 1.26. The molecule has 0 bridgehead atoms. The van der Waals surface area contributed by atoms with Gasteiger partial charge in [0.1, 0.15) is 5.78 Å². The Bertz CT molecular complexity index is 446. The number of rotatable bonds is 4. The fraction of sp³-hybridized carbons (Fsp3) is 0.500. The van der Waals surface area contributed by atoms with Crippen LogP contribution in [-0.4, -0.2) is 38.3 Å². The van der Waals surface area contributed by atoms with Gasteiger partial charge in [-0.05, 0) is 13.8 Å². The molecule has 1 amide bonds. The normalized spacial score (nSPS) is 24.5. The maximum atomic E-state index is 11.3. The highest BCUT2D eigenvalue weighted by atomic mass is 32.2. The van der Waals surface area contributed by atoms with Crippen molar-refractivity contribution in [1.82, 2.24) is 4.90 Å². The number of thioether (sulfide) groups is 2. The zero-order chi connectivity index (χ0) is 12.7. The Hall–Kier alpha value is -0.950. The first-order chi connectivity index (χ1) is 7.91. The predicted molar refractivity (Wildman–Crippen MR) is 65.2 cm³/mol. The standard InChI is InChI=1S/C10H11NO4S2/c1-4(12)5(2)16-10-8(9(14)15)11-6(13)3-7(11)17-10/h5,7H,3H2,1-2H3,(H,14,15)/t5?,7-/m1/s1. The van der Waals surface area contributed by atoms with Crippen LogP contribution in [0.1, 0.15) is 20.3 Å². The van der Waals surface area contributed by atoms with Crippen LogP contribution in [0.3, 0.4) is 0 Å². The summed E-state index contributed by atoms with van der Waals surface area (Å²) in [5.74, 6) is -1.27. The van der Waals surface area contributed by atoms with E-state index in [4.69, 9.17) is 5.11 Å². The van der Waals surface area contributed by atoms with Gasteiger partial charge in [0.15, 0.2) is 5.70 Å². The molecular weight excluding hydrogens is 262 g/mol. The lowest BCUT2D eigenvalue weighted by molar-refractivity contribution is -0.145. The highest BCUT2D eigenvalue weighted by Gasteiger charge is 2.48. The summed E-state index contributed by atoms with van der Waals surface area (Å²) in [5.41, 5.74) is 0.0364. The third-order valence-corrected chi connectivity index (χ3v) is 5.37. The van der Waals surface area contributed by atoms with Crippen molar-refractivity contribution in [2.24, 2.45) is 0 Å². The molecule has 92 valence electrons. The van der Waals surface area contributed by atoms with Crippen LogP contribution in [0.5, 0.6) is 0 Å². The lowest BCUT2D eigenvalue weighted by Crippen LogP contribution is -2.48. The van der Waals surface area contributed by atoms with Crippen LogP contribution >= 0.6 is 23.5 Å². The second kappa shape index (κ2) is 4.38. The summed E-state index contributed by atoms with van der Waals surface area (Å²) in [6.07, 6.45) is 0.375. The molecule has 0 saturated carbocycles. The van der Waals surface area contributed by atoms with Crippen molar-refractivity contribution in [2.45, 2.75) is 30.9 Å². The van der Waals surface area contributed by atoms with E-state index in [-0.39, 0.29) is 28.0 Å². The van der Waals surface area contributed by atoms with Crippen molar-refractivity contribution < 1.29 is 19.5 Å². The van der Waals surface area contributed by atoms with Gasteiger partial charge in [0.25, 0.3) is 0 Å². The van der Waals surface area contributed by atoms with Gasteiger partial charge >= 0.3 is 5.97 Å². The van der Waals surface area contributed by atoms with E-state index >= 15 is 0 Å². The molecule has 0 aromatic rings. The molecule has 5 nitrogen and oxygen atoms in total. The van der Waals surface area contributed by atoms with Crippen LogP contribution in [0.4, 0.5) is 0 Å². The van der Waals surface area contributed by atoms with E-state index in [0.717, 1.165) is 0 Å². The number of carboxylic acid groups (broad SMARTS) is 1. The molecule has 0 aliphatic carbocycles. The molecule has 2 aliphatic heterocycles. The highest BCUT2D eigenvalue weighted by Crippen LogP contribution is 2.51. The van der Waals surface area contributed by atoms with Gasteiger partial charge in [-0.1, -0.05) is 11.8 Å². The number of aliphatic carboxylic acids is 1. The summed E-state index contributed by atoms with van der Waals surface area (Å²) in [6.45, 7) is 3.20. The van der Waals surface area contributed by atoms with E-state index < -0.39 is 5.97 Å². The van der Waals surface area contributed by atoms with Crippen molar-refractivity contribution in [3.05, 3.63) is 9.93 Å². The molecule has 2 rings (SSSR count). The number of hydrogen-bond donors (Lipinski definition) is 1. The molecule has 1 unspecified atom stereocenters. The molecule has 2 heterocycles. The van der Waals surface area contributed by atoms with Gasteiger partial charge in [0.2, 0.25) is 5.91 Å². The maximum absolute atomic E-state index is 11.3. The van der Waals surface area contributed by atoms with Crippen molar-refractivity contribution in [2.75, 3.05) is 0 Å². The van der Waals surface area contributed by atoms with Gasteiger partial charge in [0, 0.05) is 0 Å². The van der Waals surface area contributed by atoms with Gasteiger partial charge in [-0.3, -0.25) is 14.5 Å². The largest absolute Gasteiger partial charge is 0.477 e. The lowest BCUT2D eigenvalue weighted by Gasteiger charge is -2.33. The van der Waals surface area contributed by atoms with Crippen LogP contribution in [0.2, 0.25) is 0 Å². The highest BCUT2D eigenvalue weighted by molar-refractivity contribution is 8.23. The van der Waals surface area contributed by atoms with Crippen molar-refractivity contribution in [3.63, 3.8) is 0 Å².